The molecule has 3 N–H and O–H groups in total. The summed E-state index contributed by atoms with van der Waals surface area (Å²) in [6.45, 7) is 0.291. The first-order valence-electron chi connectivity index (χ1n) is 3.94. The second-order valence-electron chi connectivity index (χ2n) is 3.01. The van der Waals surface area contributed by atoms with Gasteiger partial charge in [-0.2, -0.15) is 13.2 Å². The molecule has 0 aromatic rings. The molecule has 14 heavy (non-hydrogen) atoms. The summed E-state index contributed by atoms with van der Waals surface area (Å²) < 4.78 is 36.1. The highest BCUT2D eigenvalue weighted by molar-refractivity contribution is 5.64. The molecule has 2 unspecified atom stereocenters. The molecule has 0 saturated heterocycles. The first-order chi connectivity index (χ1) is 6.27. The van der Waals surface area contributed by atoms with Crippen LogP contribution in [-0.4, -0.2) is 35.1 Å². The zero-order valence-electron chi connectivity index (χ0n) is 7.51. The van der Waals surface area contributed by atoms with Crippen LogP contribution in [0.2, 0.25) is 0 Å². The van der Waals surface area contributed by atoms with E-state index >= 15 is 0 Å². The SMILES string of the molecule is CC(CC(CO)NC(=O)O)C(F)(F)F. The number of hydrogen-bond donors (Lipinski definition) is 3. The number of rotatable bonds is 4. The van der Waals surface area contributed by atoms with E-state index in [1.165, 1.54) is 0 Å². The van der Waals surface area contributed by atoms with E-state index in [0.29, 0.717) is 0 Å². The number of carboxylic acid groups (broad SMARTS) is 1. The van der Waals surface area contributed by atoms with Gasteiger partial charge in [-0.3, -0.25) is 0 Å². The van der Waals surface area contributed by atoms with Gasteiger partial charge in [-0.1, -0.05) is 6.92 Å². The third kappa shape index (κ3) is 4.90. The zero-order valence-corrected chi connectivity index (χ0v) is 7.51. The molecule has 0 saturated carbocycles. The van der Waals surface area contributed by atoms with Crippen molar-refractivity contribution in [2.45, 2.75) is 25.6 Å². The number of halogens is 3. The molecule has 0 radical (unpaired) electrons. The zero-order chi connectivity index (χ0) is 11.4. The molecule has 0 fully saturated rings. The maximum atomic E-state index is 12.0. The van der Waals surface area contributed by atoms with Crippen LogP contribution >= 0.6 is 0 Å². The van der Waals surface area contributed by atoms with E-state index in [9.17, 15) is 18.0 Å². The smallest absolute Gasteiger partial charge is 0.404 e. The number of carbonyl (C=O) groups is 1. The third-order valence-corrected chi connectivity index (χ3v) is 1.74. The fraction of sp³-hybridized carbons (Fsp3) is 0.857. The van der Waals surface area contributed by atoms with Crippen LogP contribution in [-0.2, 0) is 0 Å². The molecule has 0 aliphatic heterocycles. The van der Waals surface area contributed by atoms with E-state index in [-0.39, 0.29) is 0 Å². The molecular weight excluding hydrogens is 203 g/mol. The summed E-state index contributed by atoms with van der Waals surface area (Å²) in [7, 11) is 0. The Bertz CT molecular complexity index is 195. The Labute approximate surface area is 78.7 Å². The minimum Gasteiger partial charge on any atom is -0.465 e. The van der Waals surface area contributed by atoms with Gasteiger partial charge >= 0.3 is 12.3 Å². The Kier molecular flexibility index (Phi) is 4.69. The van der Waals surface area contributed by atoms with Crippen molar-refractivity contribution in [1.82, 2.24) is 5.32 Å². The lowest BCUT2D eigenvalue weighted by molar-refractivity contribution is -0.173. The van der Waals surface area contributed by atoms with Crippen molar-refractivity contribution >= 4 is 6.09 Å². The Balaban J connectivity index is 4.11. The van der Waals surface area contributed by atoms with Crippen LogP contribution in [0.1, 0.15) is 13.3 Å². The Morgan fingerprint density at radius 1 is 1.50 bits per heavy atom. The molecule has 0 heterocycles. The maximum absolute atomic E-state index is 12.0. The second-order valence-corrected chi connectivity index (χ2v) is 3.01. The summed E-state index contributed by atoms with van der Waals surface area (Å²) in [5, 5.41) is 18.6. The largest absolute Gasteiger partial charge is 0.465 e. The fourth-order valence-corrected chi connectivity index (χ4v) is 0.914. The average molecular weight is 215 g/mol. The van der Waals surface area contributed by atoms with Crippen LogP contribution in [0.4, 0.5) is 18.0 Å². The van der Waals surface area contributed by atoms with Gasteiger partial charge in [0.15, 0.2) is 0 Å². The lowest BCUT2D eigenvalue weighted by atomic mass is 10.0. The molecule has 0 aromatic heterocycles. The first-order valence-corrected chi connectivity index (χ1v) is 3.94. The third-order valence-electron chi connectivity index (χ3n) is 1.74. The van der Waals surface area contributed by atoms with E-state index in [4.69, 9.17) is 10.2 Å². The minimum absolute atomic E-state index is 0.466. The highest BCUT2D eigenvalue weighted by Crippen LogP contribution is 2.28. The molecule has 2 atom stereocenters. The van der Waals surface area contributed by atoms with Gasteiger partial charge in [0, 0.05) is 0 Å². The van der Waals surface area contributed by atoms with E-state index in [2.05, 4.69) is 0 Å². The fourth-order valence-electron chi connectivity index (χ4n) is 0.914. The van der Waals surface area contributed by atoms with Crippen LogP contribution in [0.15, 0.2) is 0 Å². The van der Waals surface area contributed by atoms with Crippen LogP contribution in [0.3, 0.4) is 0 Å². The normalized spacial score (nSPS) is 16.1. The summed E-state index contributed by atoms with van der Waals surface area (Å²) in [6.07, 6.45) is -6.28. The molecule has 0 spiro atoms. The predicted octanol–water partition coefficient (Wildman–Crippen LogP) is 1.20. The second kappa shape index (κ2) is 5.04. The van der Waals surface area contributed by atoms with Gasteiger partial charge < -0.3 is 15.5 Å². The first kappa shape index (κ1) is 13.0. The molecule has 84 valence electrons. The van der Waals surface area contributed by atoms with Gasteiger partial charge in [0.2, 0.25) is 0 Å². The van der Waals surface area contributed by atoms with Gasteiger partial charge in [0.05, 0.1) is 18.6 Å². The monoisotopic (exact) mass is 215 g/mol. The lowest BCUT2D eigenvalue weighted by Crippen LogP contribution is -2.39. The van der Waals surface area contributed by atoms with Crippen LogP contribution in [0.5, 0.6) is 0 Å². The van der Waals surface area contributed by atoms with Crippen LogP contribution in [0.25, 0.3) is 0 Å². The van der Waals surface area contributed by atoms with Gasteiger partial charge in [-0.05, 0) is 6.42 Å². The van der Waals surface area contributed by atoms with Crippen molar-refractivity contribution in [3.8, 4) is 0 Å². The lowest BCUT2D eigenvalue weighted by Gasteiger charge is -2.20. The topological polar surface area (TPSA) is 69.6 Å². The van der Waals surface area contributed by atoms with Crippen molar-refractivity contribution in [3.05, 3.63) is 0 Å². The molecular formula is C7H12F3NO3. The van der Waals surface area contributed by atoms with E-state index in [1.54, 1.807) is 5.32 Å². The summed E-state index contributed by atoms with van der Waals surface area (Å²) in [5.41, 5.74) is 0. The number of aliphatic hydroxyl groups excluding tert-OH is 1. The Morgan fingerprint density at radius 2 is 2.00 bits per heavy atom. The summed E-state index contributed by atoms with van der Waals surface area (Å²) in [5.74, 6) is -1.65. The molecule has 0 aromatic carbocycles. The van der Waals surface area contributed by atoms with E-state index in [0.717, 1.165) is 6.92 Å². The Morgan fingerprint density at radius 3 is 2.29 bits per heavy atom. The maximum Gasteiger partial charge on any atom is 0.404 e. The molecule has 4 nitrogen and oxygen atoms in total. The number of alkyl halides is 3. The van der Waals surface area contributed by atoms with Crippen LogP contribution in [0, 0.1) is 5.92 Å². The van der Waals surface area contributed by atoms with Gasteiger partial charge in [0.25, 0.3) is 0 Å². The van der Waals surface area contributed by atoms with Crippen molar-refractivity contribution in [2.24, 2.45) is 5.92 Å². The standard InChI is InChI=1S/C7H12F3NO3/c1-4(7(8,9)10)2-5(3-12)11-6(13)14/h4-5,11-12H,2-3H2,1H3,(H,13,14). The number of nitrogens with one attached hydrogen (secondary N) is 1. The molecule has 7 heteroatoms. The molecule has 1 amide bonds. The summed E-state index contributed by atoms with van der Waals surface area (Å²) >= 11 is 0. The molecule has 0 aliphatic carbocycles. The molecule has 0 rings (SSSR count). The summed E-state index contributed by atoms with van der Waals surface area (Å²) in [4.78, 5) is 10.1. The number of amides is 1. The number of hydrogen-bond acceptors (Lipinski definition) is 2. The minimum atomic E-state index is -4.37. The van der Waals surface area contributed by atoms with E-state index < -0.39 is 37.3 Å². The molecule has 0 bridgehead atoms. The summed E-state index contributed by atoms with van der Waals surface area (Å²) in [6, 6.07) is -1.08. The van der Waals surface area contributed by atoms with Gasteiger partial charge in [-0.15, -0.1) is 0 Å². The van der Waals surface area contributed by atoms with Crippen molar-refractivity contribution < 1.29 is 28.2 Å². The molecule has 0 aliphatic rings. The van der Waals surface area contributed by atoms with Gasteiger partial charge in [0.1, 0.15) is 0 Å². The van der Waals surface area contributed by atoms with Gasteiger partial charge in [-0.25, -0.2) is 4.79 Å². The highest BCUT2D eigenvalue weighted by atomic mass is 19.4. The van der Waals surface area contributed by atoms with Crippen molar-refractivity contribution in [1.29, 1.82) is 0 Å². The highest BCUT2D eigenvalue weighted by Gasteiger charge is 2.37. The Hall–Kier alpha value is -0.980. The van der Waals surface area contributed by atoms with Crippen LogP contribution < -0.4 is 5.32 Å². The predicted molar refractivity (Wildman–Crippen MR) is 41.9 cm³/mol. The van der Waals surface area contributed by atoms with E-state index in [1.807, 2.05) is 0 Å². The average Bonchev–Trinajstić information content (AvgIpc) is 2.00. The number of aliphatic hydroxyl groups is 1. The van der Waals surface area contributed by atoms with Crippen molar-refractivity contribution in [2.75, 3.05) is 6.61 Å². The quantitative estimate of drug-likeness (QED) is 0.660. The van der Waals surface area contributed by atoms with Crippen molar-refractivity contribution in [3.63, 3.8) is 0 Å².